The van der Waals surface area contributed by atoms with Gasteiger partial charge in [0, 0.05) is 36.9 Å². The standard InChI is InChI=1S/C17H24N2O5/c1-5-23-17(21)16(13-8-9-22-10-13)24-15(20)7-6-14-11(2)18-19(4)12(14)3/h6-7,13,16H,5,8-10H2,1-4H3/b7-6+/t13-,16+/m0/s1. The molecule has 0 aliphatic carbocycles. The quantitative estimate of drug-likeness (QED) is 0.579. The van der Waals surface area contributed by atoms with Crippen molar-refractivity contribution in [1.29, 1.82) is 0 Å². The van der Waals surface area contributed by atoms with Gasteiger partial charge in [-0.25, -0.2) is 9.59 Å². The van der Waals surface area contributed by atoms with E-state index in [4.69, 9.17) is 14.2 Å². The van der Waals surface area contributed by atoms with Crippen molar-refractivity contribution in [1.82, 2.24) is 9.78 Å². The maximum atomic E-state index is 12.1. The van der Waals surface area contributed by atoms with Gasteiger partial charge in [-0.1, -0.05) is 0 Å². The molecule has 0 radical (unpaired) electrons. The molecule has 7 nitrogen and oxygen atoms in total. The predicted molar refractivity (Wildman–Crippen MR) is 87.2 cm³/mol. The third kappa shape index (κ3) is 4.23. The molecule has 24 heavy (non-hydrogen) atoms. The highest BCUT2D eigenvalue weighted by molar-refractivity contribution is 5.89. The lowest BCUT2D eigenvalue weighted by atomic mass is 10.0. The molecule has 1 fully saturated rings. The van der Waals surface area contributed by atoms with Crippen molar-refractivity contribution in [3.05, 3.63) is 23.0 Å². The third-order valence-corrected chi connectivity index (χ3v) is 4.11. The molecule has 0 N–H and O–H groups in total. The third-order valence-electron chi connectivity index (χ3n) is 4.11. The zero-order valence-corrected chi connectivity index (χ0v) is 14.6. The lowest BCUT2D eigenvalue weighted by Crippen LogP contribution is -2.36. The van der Waals surface area contributed by atoms with E-state index in [1.54, 1.807) is 17.7 Å². The number of ether oxygens (including phenoxy) is 3. The van der Waals surface area contributed by atoms with Gasteiger partial charge in [-0.3, -0.25) is 4.68 Å². The number of aromatic nitrogens is 2. The second-order valence-electron chi connectivity index (χ2n) is 5.77. The Kier molecular flexibility index (Phi) is 6.14. The molecular formula is C17H24N2O5. The van der Waals surface area contributed by atoms with Crippen molar-refractivity contribution in [3.8, 4) is 0 Å². The van der Waals surface area contributed by atoms with Crippen LogP contribution in [0.25, 0.3) is 6.08 Å². The molecule has 0 saturated carbocycles. The van der Waals surface area contributed by atoms with Crippen molar-refractivity contribution < 1.29 is 23.8 Å². The van der Waals surface area contributed by atoms with Crippen LogP contribution >= 0.6 is 0 Å². The molecule has 1 saturated heterocycles. The van der Waals surface area contributed by atoms with Crippen LogP contribution in [0.2, 0.25) is 0 Å². The molecule has 1 aromatic heterocycles. The van der Waals surface area contributed by atoms with Crippen LogP contribution in [0.1, 0.15) is 30.3 Å². The van der Waals surface area contributed by atoms with Gasteiger partial charge in [-0.2, -0.15) is 5.10 Å². The SMILES string of the molecule is CCOC(=O)[C@H](OC(=O)/C=C/c1c(C)nn(C)c1C)[C@H]1CCOC1. The van der Waals surface area contributed by atoms with E-state index in [0.717, 1.165) is 17.0 Å². The lowest BCUT2D eigenvalue weighted by molar-refractivity contribution is -0.168. The number of hydrogen-bond acceptors (Lipinski definition) is 6. The number of rotatable bonds is 6. The molecule has 0 unspecified atom stereocenters. The number of nitrogens with zero attached hydrogens (tertiary/aromatic N) is 2. The fraction of sp³-hybridized carbons (Fsp3) is 0.588. The van der Waals surface area contributed by atoms with Gasteiger partial charge in [0.2, 0.25) is 6.10 Å². The topological polar surface area (TPSA) is 79.7 Å². The molecule has 0 amide bonds. The molecule has 1 aromatic rings. The molecule has 2 heterocycles. The van der Waals surface area contributed by atoms with Gasteiger partial charge in [-0.05, 0) is 33.3 Å². The van der Waals surface area contributed by atoms with Crippen LogP contribution in [0.3, 0.4) is 0 Å². The number of aryl methyl sites for hydroxylation is 2. The van der Waals surface area contributed by atoms with Crippen molar-refractivity contribution in [2.24, 2.45) is 13.0 Å². The summed E-state index contributed by atoms with van der Waals surface area (Å²) in [6.45, 7) is 6.70. The Balaban J connectivity index is 2.06. The number of carbonyl (C=O) groups is 2. The number of esters is 2. The summed E-state index contributed by atoms with van der Waals surface area (Å²) >= 11 is 0. The maximum absolute atomic E-state index is 12.1. The monoisotopic (exact) mass is 336 g/mol. The normalized spacial score (nSPS) is 18.8. The van der Waals surface area contributed by atoms with Crippen LogP contribution in [0, 0.1) is 19.8 Å². The molecule has 1 aliphatic heterocycles. The summed E-state index contributed by atoms with van der Waals surface area (Å²) in [5, 5.41) is 4.29. The van der Waals surface area contributed by atoms with Gasteiger partial charge in [-0.15, -0.1) is 0 Å². The zero-order valence-electron chi connectivity index (χ0n) is 14.6. The highest BCUT2D eigenvalue weighted by Gasteiger charge is 2.35. The highest BCUT2D eigenvalue weighted by atomic mass is 16.6. The summed E-state index contributed by atoms with van der Waals surface area (Å²) in [6, 6.07) is 0. The smallest absolute Gasteiger partial charge is 0.347 e. The Morgan fingerprint density at radius 2 is 2.21 bits per heavy atom. The Labute approximate surface area is 141 Å². The van der Waals surface area contributed by atoms with Crippen molar-refractivity contribution in [2.75, 3.05) is 19.8 Å². The van der Waals surface area contributed by atoms with Crippen LogP contribution in [0.5, 0.6) is 0 Å². The first-order valence-electron chi connectivity index (χ1n) is 8.07. The van der Waals surface area contributed by atoms with E-state index in [9.17, 15) is 9.59 Å². The Morgan fingerprint density at radius 3 is 2.75 bits per heavy atom. The minimum atomic E-state index is -0.930. The molecule has 0 spiro atoms. The van der Waals surface area contributed by atoms with Gasteiger partial charge in [0.05, 0.1) is 18.9 Å². The molecule has 7 heteroatoms. The molecular weight excluding hydrogens is 312 g/mol. The first-order valence-corrected chi connectivity index (χ1v) is 8.07. The van der Waals surface area contributed by atoms with Gasteiger partial charge >= 0.3 is 11.9 Å². The summed E-state index contributed by atoms with van der Waals surface area (Å²) in [7, 11) is 1.84. The summed E-state index contributed by atoms with van der Waals surface area (Å²) in [5.74, 6) is -1.27. The van der Waals surface area contributed by atoms with Crippen molar-refractivity contribution >= 4 is 18.0 Å². The number of carbonyl (C=O) groups excluding carboxylic acids is 2. The van der Waals surface area contributed by atoms with E-state index in [-0.39, 0.29) is 12.5 Å². The van der Waals surface area contributed by atoms with Crippen molar-refractivity contribution in [2.45, 2.75) is 33.3 Å². The molecule has 1 aliphatic rings. The molecule has 2 rings (SSSR count). The Hall–Kier alpha value is -2.15. The van der Waals surface area contributed by atoms with E-state index in [1.165, 1.54) is 6.08 Å². The van der Waals surface area contributed by atoms with Crippen LogP contribution in [-0.2, 0) is 30.8 Å². The fourth-order valence-electron chi connectivity index (χ4n) is 2.70. The van der Waals surface area contributed by atoms with Crippen LogP contribution in [0.4, 0.5) is 0 Å². The van der Waals surface area contributed by atoms with E-state index in [0.29, 0.717) is 19.6 Å². The molecule has 0 aromatic carbocycles. The van der Waals surface area contributed by atoms with E-state index in [1.807, 2.05) is 20.9 Å². The van der Waals surface area contributed by atoms with E-state index < -0.39 is 18.0 Å². The average Bonchev–Trinajstić information content (AvgIpc) is 3.13. The van der Waals surface area contributed by atoms with Gasteiger partial charge in [0.1, 0.15) is 0 Å². The Morgan fingerprint density at radius 1 is 1.46 bits per heavy atom. The Bertz CT molecular complexity index is 629. The van der Waals surface area contributed by atoms with E-state index in [2.05, 4.69) is 5.10 Å². The summed E-state index contributed by atoms with van der Waals surface area (Å²) in [6.07, 6.45) is 2.72. The number of hydrogen-bond donors (Lipinski definition) is 0. The lowest BCUT2D eigenvalue weighted by Gasteiger charge is -2.20. The first kappa shape index (κ1) is 18.2. The predicted octanol–water partition coefficient (Wildman–Crippen LogP) is 1.56. The zero-order chi connectivity index (χ0) is 17.7. The maximum Gasteiger partial charge on any atom is 0.347 e. The fourth-order valence-corrected chi connectivity index (χ4v) is 2.70. The molecule has 132 valence electrons. The highest BCUT2D eigenvalue weighted by Crippen LogP contribution is 2.21. The van der Waals surface area contributed by atoms with Crippen molar-refractivity contribution in [3.63, 3.8) is 0 Å². The average molecular weight is 336 g/mol. The summed E-state index contributed by atoms with van der Waals surface area (Å²) in [5.41, 5.74) is 2.64. The minimum Gasteiger partial charge on any atom is -0.463 e. The van der Waals surface area contributed by atoms with Crippen LogP contribution in [0.15, 0.2) is 6.08 Å². The van der Waals surface area contributed by atoms with Gasteiger partial charge < -0.3 is 14.2 Å². The van der Waals surface area contributed by atoms with E-state index >= 15 is 0 Å². The summed E-state index contributed by atoms with van der Waals surface area (Å²) in [4.78, 5) is 24.2. The second kappa shape index (κ2) is 8.10. The van der Waals surface area contributed by atoms with Gasteiger partial charge in [0.25, 0.3) is 0 Å². The molecule has 0 bridgehead atoms. The van der Waals surface area contributed by atoms with Gasteiger partial charge in [0.15, 0.2) is 0 Å². The second-order valence-corrected chi connectivity index (χ2v) is 5.77. The molecule has 2 atom stereocenters. The minimum absolute atomic E-state index is 0.164. The van der Waals surface area contributed by atoms with Crippen LogP contribution in [-0.4, -0.2) is 47.6 Å². The first-order chi connectivity index (χ1) is 11.4. The largest absolute Gasteiger partial charge is 0.463 e. The van der Waals surface area contributed by atoms with Crippen LogP contribution < -0.4 is 0 Å². The summed E-state index contributed by atoms with van der Waals surface area (Å²) < 4.78 is 17.4.